The van der Waals surface area contributed by atoms with Crippen molar-refractivity contribution in [3.05, 3.63) is 0 Å². The molecule has 9 heteroatoms. The molecule has 0 aromatic heterocycles. The highest BCUT2D eigenvalue weighted by Gasteiger charge is 2.26. The second-order valence-corrected chi connectivity index (χ2v) is 2.48. The fraction of sp³-hybridized carbons (Fsp3) is 1.00. The standard InChI is InChI=1S/C5H12O4.B2H2O3/c6-1-5(2-7,3-8)4-9;3-1-5-2-4/h6-9H,1-4H2;3-4H. The van der Waals surface area contributed by atoms with Crippen molar-refractivity contribution in [1.82, 2.24) is 0 Å². The van der Waals surface area contributed by atoms with Crippen molar-refractivity contribution in [2.24, 2.45) is 5.41 Å². The largest absolute Gasteiger partial charge is 0.469 e. The minimum absolute atomic E-state index is 0.375. The van der Waals surface area contributed by atoms with Crippen molar-refractivity contribution in [3.8, 4) is 0 Å². The van der Waals surface area contributed by atoms with Crippen LogP contribution in [0.15, 0.2) is 0 Å². The van der Waals surface area contributed by atoms with Crippen LogP contribution in [0.1, 0.15) is 0 Å². The first-order valence-electron chi connectivity index (χ1n) is 3.67. The number of aliphatic hydroxyl groups is 4. The van der Waals surface area contributed by atoms with E-state index < -0.39 is 31.8 Å². The molecular weight excluding hydrogens is 194 g/mol. The molecule has 0 rings (SSSR count). The minimum Gasteiger partial charge on any atom is -0.456 e. The van der Waals surface area contributed by atoms with Gasteiger partial charge in [0.2, 0.25) is 0 Å². The number of hydrogen-bond acceptors (Lipinski definition) is 7. The van der Waals surface area contributed by atoms with Gasteiger partial charge in [0.05, 0.1) is 31.8 Å². The van der Waals surface area contributed by atoms with Crippen LogP contribution in [0.4, 0.5) is 0 Å². The van der Waals surface area contributed by atoms with Crippen molar-refractivity contribution in [2.75, 3.05) is 26.4 Å². The van der Waals surface area contributed by atoms with Crippen molar-refractivity contribution >= 4 is 15.4 Å². The topological polar surface area (TPSA) is 131 Å². The third kappa shape index (κ3) is 7.27. The zero-order valence-corrected chi connectivity index (χ0v) is 7.57. The van der Waals surface area contributed by atoms with Gasteiger partial charge in [0.15, 0.2) is 0 Å². The lowest BCUT2D eigenvalue weighted by Gasteiger charge is -2.23. The van der Waals surface area contributed by atoms with Crippen LogP contribution in [0.2, 0.25) is 0 Å². The molecule has 0 saturated carbocycles. The highest BCUT2D eigenvalue weighted by Crippen LogP contribution is 2.11. The molecule has 2 radical (unpaired) electrons. The second-order valence-electron chi connectivity index (χ2n) is 2.48. The molecule has 0 spiro atoms. The Morgan fingerprint density at radius 1 is 0.786 bits per heavy atom. The predicted octanol–water partition coefficient (Wildman–Crippen LogP) is -4.00. The summed E-state index contributed by atoms with van der Waals surface area (Å²) in [6, 6.07) is 0. The van der Waals surface area contributed by atoms with E-state index in [4.69, 9.17) is 30.5 Å². The third-order valence-electron chi connectivity index (χ3n) is 1.46. The third-order valence-corrected chi connectivity index (χ3v) is 1.46. The first-order chi connectivity index (χ1) is 6.66. The summed E-state index contributed by atoms with van der Waals surface area (Å²) in [5, 5.41) is 49.0. The Labute approximate surface area is 83.2 Å². The van der Waals surface area contributed by atoms with Gasteiger partial charge in [0, 0.05) is 0 Å². The van der Waals surface area contributed by atoms with Gasteiger partial charge in [-0.25, -0.2) is 0 Å². The van der Waals surface area contributed by atoms with E-state index in [-0.39, 0.29) is 0 Å². The smallest absolute Gasteiger partial charge is 0.456 e. The molecule has 7 nitrogen and oxygen atoms in total. The van der Waals surface area contributed by atoms with Crippen LogP contribution in [0, 0.1) is 5.41 Å². The van der Waals surface area contributed by atoms with Gasteiger partial charge in [-0.1, -0.05) is 0 Å². The Hall–Kier alpha value is -0.150. The molecule has 0 aliphatic carbocycles. The Balaban J connectivity index is 0. The van der Waals surface area contributed by atoms with Crippen LogP contribution in [-0.2, 0) is 4.57 Å². The lowest BCUT2D eigenvalue weighted by Crippen LogP contribution is -2.37. The highest BCUT2D eigenvalue weighted by molar-refractivity contribution is 6.32. The van der Waals surface area contributed by atoms with Crippen molar-refractivity contribution in [1.29, 1.82) is 0 Å². The van der Waals surface area contributed by atoms with Crippen LogP contribution in [0.25, 0.3) is 0 Å². The van der Waals surface area contributed by atoms with E-state index in [9.17, 15) is 0 Å². The Morgan fingerprint density at radius 2 is 1.07 bits per heavy atom. The number of hydrogen-bond donors (Lipinski definition) is 6. The van der Waals surface area contributed by atoms with Gasteiger partial charge in [0.25, 0.3) is 0 Å². The molecule has 0 fully saturated rings. The maximum atomic E-state index is 8.50. The van der Waals surface area contributed by atoms with Gasteiger partial charge in [-0.2, -0.15) is 0 Å². The number of aliphatic hydroxyl groups excluding tert-OH is 4. The summed E-state index contributed by atoms with van der Waals surface area (Å²) in [5.41, 5.74) is -1.11. The monoisotopic (exact) mass is 208 g/mol. The van der Waals surface area contributed by atoms with Crippen LogP contribution >= 0.6 is 0 Å². The molecule has 0 aliphatic heterocycles. The SMILES string of the molecule is OCC(CO)(CO)CO.O[B]O[B]O. The molecule has 0 amide bonds. The second kappa shape index (κ2) is 10.9. The van der Waals surface area contributed by atoms with E-state index in [1.54, 1.807) is 0 Å². The molecule has 0 atom stereocenters. The predicted molar refractivity (Wildman–Crippen MR) is 47.8 cm³/mol. The van der Waals surface area contributed by atoms with Crippen LogP contribution in [0.5, 0.6) is 0 Å². The van der Waals surface area contributed by atoms with Gasteiger partial charge in [0.1, 0.15) is 0 Å². The van der Waals surface area contributed by atoms with Crippen molar-refractivity contribution < 1.29 is 35.0 Å². The van der Waals surface area contributed by atoms with Crippen LogP contribution in [-0.4, -0.2) is 72.3 Å². The maximum Gasteiger partial charge on any atom is 0.469 e. The minimum atomic E-state index is -1.11. The van der Waals surface area contributed by atoms with Crippen molar-refractivity contribution in [3.63, 3.8) is 0 Å². The molecule has 0 bridgehead atoms. The fourth-order valence-corrected chi connectivity index (χ4v) is 0.327. The van der Waals surface area contributed by atoms with Crippen LogP contribution in [0.3, 0.4) is 0 Å². The van der Waals surface area contributed by atoms with Gasteiger partial charge in [-0.05, 0) is 0 Å². The molecule has 0 unspecified atom stereocenters. The average Bonchev–Trinajstić information content (AvgIpc) is 2.24. The van der Waals surface area contributed by atoms with E-state index in [0.717, 1.165) is 0 Å². The molecule has 6 N–H and O–H groups in total. The summed E-state index contributed by atoms with van der Waals surface area (Å²) >= 11 is 0. The molecule has 82 valence electrons. The summed E-state index contributed by atoms with van der Waals surface area (Å²) in [7, 11) is 0.750. The summed E-state index contributed by atoms with van der Waals surface area (Å²) in [6.45, 7) is -1.62. The Kier molecular flexibility index (Phi) is 12.7. The molecule has 0 saturated heterocycles. The molecule has 14 heavy (non-hydrogen) atoms. The summed E-state index contributed by atoms with van der Waals surface area (Å²) in [5.74, 6) is 0. The Bertz CT molecular complexity index is 90.7. The summed E-state index contributed by atoms with van der Waals surface area (Å²) < 4.78 is 3.69. The average molecular weight is 208 g/mol. The van der Waals surface area contributed by atoms with E-state index in [2.05, 4.69) is 4.57 Å². The maximum absolute atomic E-state index is 8.50. The normalized spacial score (nSPS) is 10.1. The first-order valence-corrected chi connectivity index (χ1v) is 3.67. The van der Waals surface area contributed by atoms with E-state index in [1.165, 1.54) is 0 Å². The zero-order valence-electron chi connectivity index (χ0n) is 7.57. The fourth-order valence-electron chi connectivity index (χ4n) is 0.327. The summed E-state index contributed by atoms with van der Waals surface area (Å²) in [4.78, 5) is 0. The molecule has 0 aromatic rings. The number of rotatable bonds is 6. The van der Waals surface area contributed by atoms with Gasteiger partial charge < -0.3 is 35.0 Å². The lowest BCUT2D eigenvalue weighted by atomic mass is 9.93. The quantitative estimate of drug-likeness (QED) is 0.245. The van der Waals surface area contributed by atoms with Gasteiger partial charge in [-0.3, -0.25) is 0 Å². The summed E-state index contributed by atoms with van der Waals surface area (Å²) in [6.07, 6.45) is 0. The molecule has 0 aromatic carbocycles. The van der Waals surface area contributed by atoms with E-state index in [0.29, 0.717) is 15.4 Å². The van der Waals surface area contributed by atoms with Gasteiger partial charge >= 0.3 is 15.4 Å². The van der Waals surface area contributed by atoms with E-state index in [1.807, 2.05) is 0 Å². The van der Waals surface area contributed by atoms with Gasteiger partial charge in [-0.15, -0.1) is 0 Å². The Morgan fingerprint density at radius 3 is 1.07 bits per heavy atom. The first kappa shape index (κ1) is 16.3. The lowest BCUT2D eigenvalue weighted by molar-refractivity contribution is -0.0328. The molecular formula is C5H14B2O7. The molecule has 0 heterocycles. The van der Waals surface area contributed by atoms with Crippen molar-refractivity contribution in [2.45, 2.75) is 0 Å². The van der Waals surface area contributed by atoms with E-state index >= 15 is 0 Å². The molecule has 0 aliphatic rings. The van der Waals surface area contributed by atoms with Crippen LogP contribution < -0.4 is 0 Å². The highest BCUT2D eigenvalue weighted by atomic mass is 16.5. The zero-order chi connectivity index (χ0) is 11.4.